The first-order chi connectivity index (χ1) is 14.4. The van der Waals surface area contributed by atoms with E-state index in [1.165, 1.54) is 0 Å². The van der Waals surface area contributed by atoms with Crippen molar-refractivity contribution in [2.75, 3.05) is 15.2 Å². The summed E-state index contributed by atoms with van der Waals surface area (Å²) in [4.78, 5) is 0. The molecule has 0 amide bonds. The number of para-hydroxylation sites is 3. The number of hydrazine groups is 2. The van der Waals surface area contributed by atoms with Crippen LogP contribution in [0.5, 0.6) is 0 Å². The number of hydrogen-bond acceptors (Lipinski definition) is 4. The van der Waals surface area contributed by atoms with Gasteiger partial charge in [0.05, 0.1) is 17.1 Å². The molecule has 0 radical (unpaired) electrons. The van der Waals surface area contributed by atoms with E-state index in [1.807, 2.05) is 77.9 Å². The van der Waals surface area contributed by atoms with Gasteiger partial charge in [-0.2, -0.15) is 10.2 Å². The van der Waals surface area contributed by atoms with Gasteiger partial charge in [0.25, 0.3) is 0 Å². The summed E-state index contributed by atoms with van der Waals surface area (Å²) in [6.45, 7) is 0. The lowest BCUT2D eigenvalue weighted by molar-refractivity contribution is 0.818. The molecule has 0 atom stereocenters. The van der Waals surface area contributed by atoms with E-state index in [9.17, 15) is 0 Å². The van der Waals surface area contributed by atoms with Crippen LogP contribution in [0.2, 0.25) is 0 Å². The van der Waals surface area contributed by atoms with Crippen molar-refractivity contribution < 1.29 is 0 Å². The Morgan fingerprint density at radius 1 is 0.448 bits per heavy atom. The van der Waals surface area contributed by atoms with Gasteiger partial charge in [-0.3, -0.25) is 0 Å². The molecule has 4 aromatic carbocycles. The van der Waals surface area contributed by atoms with Crippen LogP contribution < -0.4 is 15.2 Å². The largest absolute Gasteiger partial charge is 0.212 e. The van der Waals surface area contributed by atoms with E-state index in [0.717, 1.165) is 28.5 Å². The minimum atomic E-state index is 0.865. The molecule has 1 heterocycles. The first-order valence-corrected chi connectivity index (χ1v) is 9.61. The van der Waals surface area contributed by atoms with Gasteiger partial charge >= 0.3 is 0 Å². The van der Waals surface area contributed by atoms with E-state index in [4.69, 9.17) is 5.10 Å². The van der Waals surface area contributed by atoms with Crippen molar-refractivity contribution >= 4 is 22.9 Å². The van der Waals surface area contributed by atoms with E-state index >= 15 is 0 Å². The lowest BCUT2D eigenvalue weighted by atomic mass is 10.2. The van der Waals surface area contributed by atoms with Gasteiger partial charge < -0.3 is 0 Å². The second-order valence-corrected chi connectivity index (χ2v) is 6.69. The smallest absolute Gasteiger partial charge is 0.183 e. The van der Waals surface area contributed by atoms with Crippen molar-refractivity contribution in [1.82, 2.24) is 0 Å². The highest BCUT2D eigenvalue weighted by Gasteiger charge is 2.35. The fourth-order valence-corrected chi connectivity index (χ4v) is 3.43. The molecule has 5 rings (SSSR count). The molecule has 0 aromatic heterocycles. The number of rotatable bonds is 4. The number of amidine groups is 1. The van der Waals surface area contributed by atoms with E-state index in [0.29, 0.717) is 0 Å². The van der Waals surface area contributed by atoms with Crippen molar-refractivity contribution in [1.29, 1.82) is 0 Å². The van der Waals surface area contributed by atoms with Crippen LogP contribution in [-0.4, -0.2) is 5.84 Å². The van der Waals surface area contributed by atoms with Gasteiger partial charge in [0.1, 0.15) is 0 Å². The third kappa shape index (κ3) is 3.21. The second-order valence-electron chi connectivity index (χ2n) is 6.69. The highest BCUT2D eigenvalue weighted by atomic mass is 16.0. The number of hydrazone groups is 1. The average Bonchev–Trinajstić information content (AvgIpc) is 3.22. The van der Waals surface area contributed by atoms with Crippen LogP contribution >= 0.6 is 0 Å². The summed E-state index contributed by atoms with van der Waals surface area (Å²) in [6, 6.07) is 41.1. The Kier molecular flexibility index (Phi) is 4.43. The van der Waals surface area contributed by atoms with Crippen LogP contribution in [-0.2, 0) is 0 Å². The summed E-state index contributed by atoms with van der Waals surface area (Å²) in [5.41, 5.74) is 4.10. The Balaban J connectivity index is 1.72. The Hall–Kier alpha value is -4.05. The summed E-state index contributed by atoms with van der Waals surface area (Å²) in [7, 11) is 0. The Bertz CT molecular complexity index is 1100. The standard InChI is InChI=1S/C25H20N4/c1-5-13-21(14-6-1)25-26-28(23-17-9-3-10-18-23)29(24-19-11-4-12-20-24)27(25)22-15-7-2-8-16-22/h1-20H. The van der Waals surface area contributed by atoms with Crippen molar-refractivity contribution in [3.8, 4) is 0 Å². The predicted molar refractivity (Wildman–Crippen MR) is 120 cm³/mol. The number of anilines is 3. The van der Waals surface area contributed by atoms with Crippen LogP contribution in [0.4, 0.5) is 17.1 Å². The van der Waals surface area contributed by atoms with Gasteiger partial charge in [-0.05, 0) is 36.4 Å². The molecule has 140 valence electrons. The summed E-state index contributed by atoms with van der Waals surface area (Å²) >= 11 is 0. The highest BCUT2D eigenvalue weighted by molar-refractivity contribution is 6.13. The first-order valence-electron chi connectivity index (χ1n) is 9.61. The van der Waals surface area contributed by atoms with Crippen molar-refractivity contribution in [3.63, 3.8) is 0 Å². The maximum atomic E-state index is 5.05. The minimum absolute atomic E-state index is 0.865. The van der Waals surface area contributed by atoms with E-state index in [1.54, 1.807) is 0 Å². The molecule has 0 spiro atoms. The molecule has 0 saturated heterocycles. The van der Waals surface area contributed by atoms with Gasteiger partial charge in [0.2, 0.25) is 0 Å². The first kappa shape index (κ1) is 17.1. The molecule has 0 bridgehead atoms. The second kappa shape index (κ2) is 7.52. The van der Waals surface area contributed by atoms with Crippen LogP contribution in [0, 0.1) is 0 Å². The maximum absolute atomic E-state index is 5.05. The zero-order valence-corrected chi connectivity index (χ0v) is 15.8. The Morgan fingerprint density at radius 3 is 1.45 bits per heavy atom. The lowest BCUT2D eigenvalue weighted by Gasteiger charge is -2.35. The molecule has 4 nitrogen and oxygen atoms in total. The van der Waals surface area contributed by atoms with Gasteiger partial charge in [-0.1, -0.05) is 84.9 Å². The van der Waals surface area contributed by atoms with Gasteiger partial charge in [0.15, 0.2) is 5.84 Å². The molecule has 29 heavy (non-hydrogen) atoms. The molecule has 4 aromatic rings. The quantitative estimate of drug-likeness (QED) is 0.455. The molecule has 1 aliphatic heterocycles. The van der Waals surface area contributed by atoms with Crippen molar-refractivity contribution in [3.05, 3.63) is 127 Å². The monoisotopic (exact) mass is 376 g/mol. The molecular weight excluding hydrogens is 356 g/mol. The maximum Gasteiger partial charge on any atom is 0.183 e. The van der Waals surface area contributed by atoms with Crippen LogP contribution in [0.15, 0.2) is 126 Å². The SMILES string of the molecule is c1ccc(C2=NN(c3ccccc3)N(c3ccccc3)N2c2ccccc2)cc1. The van der Waals surface area contributed by atoms with Gasteiger partial charge in [-0.25, -0.2) is 5.01 Å². The van der Waals surface area contributed by atoms with Crippen LogP contribution in [0.1, 0.15) is 5.56 Å². The van der Waals surface area contributed by atoms with Crippen LogP contribution in [0.25, 0.3) is 0 Å². The summed E-state index contributed by atoms with van der Waals surface area (Å²) in [6.07, 6.45) is 0. The predicted octanol–water partition coefficient (Wildman–Crippen LogP) is 5.71. The molecule has 0 saturated carbocycles. The Morgan fingerprint density at radius 2 is 0.897 bits per heavy atom. The normalized spacial score (nSPS) is 13.5. The summed E-state index contributed by atoms with van der Waals surface area (Å²) < 4.78 is 0. The minimum Gasteiger partial charge on any atom is -0.212 e. The van der Waals surface area contributed by atoms with E-state index in [-0.39, 0.29) is 0 Å². The fourth-order valence-electron chi connectivity index (χ4n) is 3.43. The fraction of sp³-hybridized carbons (Fsp3) is 0. The van der Waals surface area contributed by atoms with E-state index < -0.39 is 0 Å². The molecule has 0 aliphatic carbocycles. The number of hydrogen-bond donors (Lipinski definition) is 0. The molecular formula is C25H20N4. The highest BCUT2D eigenvalue weighted by Crippen LogP contribution is 2.34. The molecule has 0 unspecified atom stereocenters. The topological polar surface area (TPSA) is 22.1 Å². The van der Waals surface area contributed by atoms with E-state index in [2.05, 4.69) is 58.7 Å². The molecule has 4 heteroatoms. The zero-order valence-electron chi connectivity index (χ0n) is 15.8. The zero-order chi connectivity index (χ0) is 19.5. The lowest BCUT2D eigenvalue weighted by Crippen LogP contribution is -2.48. The third-order valence-corrected chi connectivity index (χ3v) is 4.77. The summed E-state index contributed by atoms with van der Waals surface area (Å²) in [5, 5.41) is 11.2. The van der Waals surface area contributed by atoms with Crippen LogP contribution in [0.3, 0.4) is 0 Å². The molecule has 1 aliphatic rings. The number of benzene rings is 4. The molecule has 0 N–H and O–H groups in total. The average molecular weight is 376 g/mol. The van der Waals surface area contributed by atoms with Gasteiger partial charge in [-0.15, -0.1) is 5.10 Å². The van der Waals surface area contributed by atoms with Gasteiger partial charge in [0, 0.05) is 5.56 Å². The van der Waals surface area contributed by atoms with Crippen molar-refractivity contribution in [2.24, 2.45) is 5.10 Å². The van der Waals surface area contributed by atoms with Crippen molar-refractivity contribution in [2.45, 2.75) is 0 Å². The summed E-state index contributed by atoms with van der Waals surface area (Å²) in [5.74, 6) is 0.865. The Labute approximate surface area is 170 Å². The third-order valence-electron chi connectivity index (χ3n) is 4.77. The molecule has 0 fully saturated rings. The number of nitrogens with zero attached hydrogens (tertiary/aromatic N) is 4.